The Morgan fingerprint density at radius 3 is 2.39 bits per heavy atom. The van der Waals surface area contributed by atoms with Gasteiger partial charge in [0.25, 0.3) is 0 Å². The molecule has 0 unspecified atom stereocenters. The van der Waals surface area contributed by atoms with E-state index in [0.717, 1.165) is 24.2 Å². The largest absolute Gasteiger partial charge is 0.352 e. The van der Waals surface area contributed by atoms with Crippen molar-refractivity contribution in [1.29, 1.82) is 0 Å². The first-order chi connectivity index (χ1) is 15.8. The van der Waals surface area contributed by atoms with Crippen LogP contribution in [0.4, 0.5) is 10.6 Å². The van der Waals surface area contributed by atoms with E-state index in [4.69, 9.17) is 23.2 Å². The van der Waals surface area contributed by atoms with Crippen LogP contribution in [0.1, 0.15) is 26.7 Å². The number of carbonyl (C=O) groups is 2. The highest BCUT2D eigenvalue weighted by Crippen LogP contribution is 2.29. The molecule has 1 N–H and O–H groups in total. The Balaban J connectivity index is 1.32. The van der Waals surface area contributed by atoms with Crippen molar-refractivity contribution >= 4 is 41.0 Å². The highest BCUT2D eigenvalue weighted by atomic mass is 35.5. The first-order valence-electron chi connectivity index (χ1n) is 11.2. The third-order valence-electron chi connectivity index (χ3n) is 5.78. The Kier molecular flexibility index (Phi) is 7.24. The van der Waals surface area contributed by atoms with E-state index < -0.39 is 0 Å². The van der Waals surface area contributed by atoms with E-state index in [1.807, 2.05) is 36.9 Å². The minimum Gasteiger partial charge on any atom is -0.352 e. The lowest BCUT2D eigenvalue weighted by atomic mass is 10.1. The maximum atomic E-state index is 12.9. The van der Waals surface area contributed by atoms with Gasteiger partial charge in [0.05, 0.1) is 10.7 Å². The second-order valence-electron chi connectivity index (χ2n) is 8.73. The van der Waals surface area contributed by atoms with Crippen LogP contribution in [0.3, 0.4) is 0 Å². The zero-order valence-corrected chi connectivity index (χ0v) is 20.3. The van der Waals surface area contributed by atoms with Gasteiger partial charge >= 0.3 is 6.03 Å². The molecule has 0 spiro atoms. The SMILES string of the molecule is CC(C)NC(=O)N(CC(=O)N1CCN(c2ccc(-c3ccc(Cl)cc3Cl)nn2)CC1)C1CC1. The molecular weight excluding hydrogens is 463 g/mol. The number of hydrogen-bond donors (Lipinski definition) is 1. The Labute approximate surface area is 203 Å². The zero-order valence-electron chi connectivity index (χ0n) is 18.8. The molecule has 0 bridgehead atoms. The van der Waals surface area contributed by atoms with E-state index in [1.54, 1.807) is 17.0 Å². The molecule has 1 aromatic heterocycles. The second-order valence-corrected chi connectivity index (χ2v) is 9.58. The monoisotopic (exact) mass is 490 g/mol. The molecule has 1 aliphatic carbocycles. The molecule has 1 saturated carbocycles. The average molecular weight is 491 g/mol. The second kappa shape index (κ2) is 10.1. The third kappa shape index (κ3) is 5.86. The summed E-state index contributed by atoms with van der Waals surface area (Å²) in [5.41, 5.74) is 1.45. The van der Waals surface area contributed by atoms with Crippen LogP contribution in [0.25, 0.3) is 11.3 Å². The van der Waals surface area contributed by atoms with Gasteiger partial charge in [0.15, 0.2) is 5.82 Å². The molecule has 1 saturated heterocycles. The van der Waals surface area contributed by atoms with Gasteiger partial charge in [0.2, 0.25) is 5.91 Å². The number of carbonyl (C=O) groups excluding carboxylic acids is 2. The molecule has 1 aromatic carbocycles. The lowest BCUT2D eigenvalue weighted by molar-refractivity contribution is -0.132. The van der Waals surface area contributed by atoms with Crippen LogP contribution in [-0.2, 0) is 4.79 Å². The third-order valence-corrected chi connectivity index (χ3v) is 6.33. The maximum absolute atomic E-state index is 12.9. The standard InChI is InChI=1S/C23H28Cl2N6O2/c1-15(2)26-23(33)31(17-4-5-17)14-22(32)30-11-9-29(10-12-30)21-8-7-20(27-28-21)18-6-3-16(24)13-19(18)25/h3,6-8,13,15,17H,4-5,9-12,14H2,1-2H3,(H,26,33). The van der Waals surface area contributed by atoms with E-state index in [0.29, 0.717) is 41.9 Å². The van der Waals surface area contributed by atoms with E-state index in [1.165, 1.54) is 0 Å². The van der Waals surface area contributed by atoms with Crippen molar-refractivity contribution in [2.45, 2.75) is 38.8 Å². The maximum Gasteiger partial charge on any atom is 0.318 e. The van der Waals surface area contributed by atoms with Crippen molar-refractivity contribution in [2.75, 3.05) is 37.6 Å². The number of benzene rings is 1. The summed E-state index contributed by atoms with van der Waals surface area (Å²) in [7, 11) is 0. The summed E-state index contributed by atoms with van der Waals surface area (Å²) in [6.45, 7) is 6.43. The molecule has 4 rings (SSSR count). The molecule has 1 aliphatic heterocycles. The Morgan fingerprint density at radius 1 is 1.09 bits per heavy atom. The normalized spacial score (nSPS) is 16.2. The van der Waals surface area contributed by atoms with Crippen molar-refractivity contribution in [1.82, 2.24) is 25.3 Å². The van der Waals surface area contributed by atoms with Gasteiger partial charge in [-0.15, -0.1) is 10.2 Å². The molecule has 2 aliphatic rings. The smallest absolute Gasteiger partial charge is 0.318 e. The zero-order chi connectivity index (χ0) is 23.5. The molecule has 0 radical (unpaired) electrons. The van der Waals surface area contributed by atoms with Crippen LogP contribution in [0.5, 0.6) is 0 Å². The van der Waals surface area contributed by atoms with Gasteiger partial charge in [-0.1, -0.05) is 23.2 Å². The quantitative estimate of drug-likeness (QED) is 0.667. The van der Waals surface area contributed by atoms with Crippen molar-refractivity contribution in [2.24, 2.45) is 0 Å². The van der Waals surface area contributed by atoms with Crippen LogP contribution in [0.15, 0.2) is 30.3 Å². The van der Waals surface area contributed by atoms with Gasteiger partial charge in [0.1, 0.15) is 6.54 Å². The molecule has 2 aromatic rings. The summed E-state index contributed by atoms with van der Waals surface area (Å²) in [4.78, 5) is 30.9. The molecule has 176 valence electrons. The number of nitrogens with zero attached hydrogens (tertiary/aromatic N) is 5. The van der Waals surface area contributed by atoms with Gasteiger partial charge in [-0.2, -0.15) is 0 Å². The van der Waals surface area contributed by atoms with Crippen LogP contribution in [0, 0.1) is 0 Å². The number of halogens is 2. The van der Waals surface area contributed by atoms with Crippen molar-refractivity contribution in [3.8, 4) is 11.3 Å². The number of amides is 3. The van der Waals surface area contributed by atoms with E-state index >= 15 is 0 Å². The fraction of sp³-hybridized carbons (Fsp3) is 0.478. The predicted octanol–water partition coefficient (Wildman–Crippen LogP) is 3.68. The van der Waals surface area contributed by atoms with E-state index in [9.17, 15) is 9.59 Å². The molecule has 2 fully saturated rings. The van der Waals surface area contributed by atoms with Crippen LogP contribution < -0.4 is 10.2 Å². The first kappa shape index (κ1) is 23.6. The highest BCUT2D eigenvalue weighted by Gasteiger charge is 2.35. The minimum absolute atomic E-state index is 0.0146. The van der Waals surface area contributed by atoms with Gasteiger partial charge in [-0.05, 0) is 57.0 Å². The van der Waals surface area contributed by atoms with Gasteiger partial charge in [-0.3, -0.25) is 4.79 Å². The Hall–Kier alpha value is -2.58. The van der Waals surface area contributed by atoms with E-state index in [2.05, 4.69) is 20.4 Å². The Bertz CT molecular complexity index is 1000. The summed E-state index contributed by atoms with van der Waals surface area (Å²) in [5, 5.41) is 12.7. The fourth-order valence-electron chi connectivity index (χ4n) is 3.85. The number of hydrogen-bond acceptors (Lipinski definition) is 5. The lowest BCUT2D eigenvalue weighted by Gasteiger charge is -2.36. The number of urea groups is 1. The number of rotatable bonds is 6. The number of nitrogens with one attached hydrogen (secondary N) is 1. The summed E-state index contributed by atoms with van der Waals surface area (Å²) >= 11 is 12.2. The molecular formula is C23H28Cl2N6O2. The van der Waals surface area contributed by atoms with Crippen LogP contribution in [-0.4, -0.2) is 76.7 Å². The molecule has 10 heteroatoms. The summed E-state index contributed by atoms with van der Waals surface area (Å²) in [6, 6.07) is 9.14. The average Bonchev–Trinajstić information content (AvgIpc) is 3.62. The van der Waals surface area contributed by atoms with E-state index in [-0.39, 0.29) is 30.6 Å². The minimum atomic E-state index is -0.157. The summed E-state index contributed by atoms with van der Waals surface area (Å²) in [6.07, 6.45) is 1.92. The van der Waals surface area contributed by atoms with Crippen LogP contribution >= 0.6 is 23.2 Å². The number of anilines is 1. The van der Waals surface area contributed by atoms with Crippen molar-refractivity contribution in [3.05, 3.63) is 40.4 Å². The Morgan fingerprint density at radius 2 is 1.82 bits per heavy atom. The molecule has 2 heterocycles. The molecule has 33 heavy (non-hydrogen) atoms. The summed E-state index contributed by atoms with van der Waals surface area (Å²) in [5.74, 6) is 0.742. The van der Waals surface area contributed by atoms with Gasteiger partial charge in [0, 0.05) is 48.8 Å². The van der Waals surface area contributed by atoms with Crippen molar-refractivity contribution < 1.29 is 9.59 Å². The fourth-order valence-corrected chi connectivity index (χ4v) is 4.35. The number of aromatic nitrogens is 2. The lowest BCUT2D eigenvalue weighted by Crippen LogP contribution is -2.53. The highest BCUT2D eigenvalue weighted by molar-refractivity contribution is 6.36. The van der Waals surface area contributed by atoms with Gasteiger partial charge in [-0.25, -0.2) is 4.79 Å². The molecule has 0 atom stereocenters. The summed E-state index contributed by atoms with van der Waals surface area (Å²) < 4.78 is 0. The first-order valence-corrected chi connectivity index (χ1v) is 12.0. The number of piperazine rings is 1. The van der Waals surface area contributed by atoms with Gasteiger partial charge < -0.3 is 20.0 Å². The van der Waals surface area contributed by atoms with Crippen molar-refractivity contribution in [3.63, 3.8) is 0 Å². The molecule has 3 amide bonds. The topological polar surface area (TPSA) is 81.7 Å². The molecule has 8 nitrogen and oxygen atoms in total. The predicted molar refractivity (Wildman–Crippen MR) is 130 cm³/mol. The van der Waals surface area contributed by atoms with Crippen LogP contribution in [0.2, 0.25) is 10.0 Å².